The third-order valence-corrected chi connectivity index (χ3v) is 2.31. The molecule has 7 heteroatoms. The zero-order valence-electron chi connectivity index (χ0n) is 10.5. The molecule has 0 spiro atoms. The number of nitrogens with zero attached hydrogens (tertiary/aromatic N) is 4. The number of hydrazone groups is 2. The minimum absolute atomic E-state index is 0.297. The Hall–Kier alpha value is -2.67. The van der Waals surface area contributed by atoms with Crippen molar-refractivity contribution in [2.24, 2.45) is 10.2 Å². The van der Waals surface area contributed by atoms with Crippen molar-refractivity contribution in [2.75, 3.05) is 0 Å². The fourth-order valence-corrected chi connectivity index (χ4v) is 1.37. The lowest BCUT2D eigenvalue weighted by Crippen LogP contribution is -2.28. The number of thiocarbonyl (C=S) groups is 1. The van der Waals surface area contributed by atoms with E-state index in [0.29, 0.717) is 5.11 Å². The van der Waals surface area contributed by atoms with Crippen molar-refractivity contribution in [3.05, 3.63) is 60.2 Å². The number of nitrogens with one attached hydrogen (secondary N) is 2. The van der Waals surface area contributed by atoms with Crippen molar-refractivity contribution in [3.63, 3.8) is 0 Å². The van der Waals surface area contributed by atoms with Gasteiger partial charge in [-0.05, 0) is 24.4 Å². The average Bonchev–Trinajstić information content (AvgIpc) is 2.49. The van der Waals surface area contributed by atoms with Gasteiger partial charge in [-0.1, -0.05) is 12.1 Å². The second-order valence-electron chi connectivity index (χ2n) is 3.64. The van der Waals surface area contributed by atoms with Gasteiger partial charge in [-0.2, -0.15) is 10.2 Å². The molecular formula is C13H12N6S. The topological polar surface area (TPSA) is 74.6 Å². The first kappa shape index (κ1) is 13.8. The molecule has 0 radical (unpaired) electrons. The summed E-state index contributed by atoms with van der Waals surface area (Å²) in [5.74, 6) is 0. The molecule has 0 saturated carbocycles. The van der Waals surface area contributed by atoms with Crippen molar-refractivity contribution in [3.8, 4) is 0 Å². The molecule has 2 rings (SSSR count). The molecule has 0 saturated heterocycles. The molecule has 100 valence electrons. The summed E-state index contributed by atoms with van der Waals surface area (Å²) in [6.45, 7) is 0. The van der Waals surface area contributed by atoms with Crippen LogP contribution in [0.4, 0.5) is 0 Å². The SMILES string of the molecule is S=C(N/N=C/c1cccnc1)N/N=C/c1cccnc1. The van der Waals surface area contributed by atoms with Crippen LogP contribution in [0.2, 0.25) is 0 Å². The first-order chi connectivity index (χ1) is 9.84. The van der Waals surface area contributed by atoms with Gasteiger partial charge in [0.15, 0.2) is 0 Å². The van der Waals surface area contributed by atoms with E-state index in [1.165, 1.54) is 0 Å². The molecule has 6 nitrogen and oxygen atoms in total. The Kier molecular flexibility index (Phi) is 5.29. The van der Waals surface area contributed by atoms with Gasteiger partial charge in [0, 0.05) is 35.9 Å². The summed E-state index contributed by atoms with van der Waals surface area (Å²) in [6, 6.07) is 7.43. The Morgan fingerprint density at radius 3 is 1.85 bits per heavy atom. The fraction of sp³-hybridized carbons (Fsp3) is 0. The Balaban J connectivity index is 1.76. The van der Waals surface area contributed by atoms with Crippen LogP contribution in [-0.2, 0) is 0 Å². The Labute approximate surface area is 121 Å². The standard InChI is InChI=1S/C13H12N6S/c20-13(18-16-9-11-3-1-5-14-7-11)19-17-10-12-4-2-6-15-8-12/h1-10H,(H2,18,19,20)/b16-9+,17-10+. The predicted molar refractivity (Wildman–Crippen MR) is 82.5 cm³/mol. The van der Waals surface area contributed by atoms with E-state index in [1.54, 1.807) is 37.2 Å². The highest BCUT2D eigenvalue weighted by Crippen LogP contribution is 1.90. The van der Waals surface area contributed by atoms with Crippen LogP contribution >= 0.6 is 12.2 Å². The predicted octanol–water partition coefficient (Wildman–Crippen LogP) is 1.31. The van der Waals surface area contributed by atoms with Crippen molar-refractivity contribution >= 4 is 29.8 Å². The summed E-state index contributed by atoms with van der Waals surface area (Å²) in [7, 11) is 0. The smallest absolute Gasteiger partial charge is 0.207 e. The first-order valence-corrected chi connectivity index (χ1v) is 6.17. The largest absolute Gasteiger partial charge is 0.264 e. The van der Waals surface area contributed by atoms with Crippen molar-refractivity contribution in [1.82, 2.24) is 20.8 Å². The van der Waals surface area contributed by atoms with Crippen LogP contribution in [0.1, 0.15) is 11.1 Å². The van der Waals surface area contributed by atoms with E-state index in [2.05, 4.69) is 31.0 Å². The van der Waals surface area contributed by atoms with Gasteiger partial charge in [0.1, 0.15) is 0 Å². The Morgan fingerprint density at radius 2 is 1.45 bits per heavy atom. The summed E-state index contributed by atoms with van der Waals surface area (Å²) in [6.07, 6.45) is 10.0. The minimum Gasteiger partial charge on any atom is -0.264 e. The van der Waals surface area contributed by atoms with E-state index in [-0.39, 0.29) is 0 Å². The minimum atomic E-state index is 0.297. The number of rotatable bonds is 4. The molecule has 2 heterocycles. The summed E-state index contributed by atoms with van der Waals surface area (Å²) in [4.78, 5) is 7.94. The number of aromatic nitrogens is 2. The molecule has 20 heavy (non-hydrogen) atoms. The number of hydrogen-bond donors (Lipinski definition) is 2. The molecule has 2 aromatic rings. The van der Waals surface area contributed by atoms with Crippen LogP contribution in [0.3, 0.4) is 0 Å². The van der Waals surface area contributed by atoms with E-state index in [0.717, 1.165) is 11.1 Å². The molecule has 0 atom stereocenters. The molecule has 0 fully saturated rings. The zero-order valence-corrected chi connectivity index (χ0v) is 11.3. The highest BCUT2D eigenvalue weighted by Gasteiger charge is 1.90. The number of hydrogen-bond acceptors (Lipinski definition) is 5. The van der Waals surface area contributed by atoms with Crippen LogP contribution < -0.4 is 10.9 Å². The molecule has 0 aromatic carbocycles. The molecule has 0 aliphatic carbocycles. The quantitative estimate of drug-likeness (QED) is 0.503. The highest BCUT2D eigenvalue weighted by molar-refractivity contribution is 7.80. The van der Waals surface area contributed by atoms with E-state index in [1.807, 2.05) is 24.3 Å². The summed E-state index contributed by atoms with van der Waals surface area (Å²) in [5, 5.41) is 8.22. The maximum Gasteiger partial charge on any atom is 0.207 e. The fourth-order valence-electron chi connectivity index (χ4n) is 1.26. The normalized spacial score (nSPS) is 10.8. The van der Waals surface area contributed by atoms with Crippen molar-refractivity contribution < 1.29 is 0 Å². The maximum atomic E-state index is 5.00. The van der Waals surface area contributed by atoms with Crippen LogP contribution in [0.15, 0.2) is 59.3 Å². The second-order valence-corrected chi connectivity index (χ2v) is 4.05. The van der Waals surface area contributed by atoms with E-state index < -0.39 is 0 Å². The van der Waals surface area contributed by atoms with Gasteiger partial charge in [0.2, 0.25) is 5.11 Å². The molecular weight excluding hydrogens is 272 g/mol. The summed E-state index contributed by atoms with van der Waals surface area (Å²) in [5.41, 5.74) is 7.05. The number of pyridine rings is 2. The molecule has 2 aromatic heterocycles. The van der Waals surface area contributed by atoms with Gasteiger partial charge in [0.25, 0.3) is 0 Å². The lowest BCUT2D eigenvalue weighted by Gasteiger charge is -2.00. The molecule has 0 amide bonds. The average molecular weight is 284 g/mol. The molecule has 2 N–H and O–H groups in total. The summed E-state index contributed by atoms with van der Waals surface area (Å²) >= 11 is 5.00. The van der Waals surface area contributed by atoms with Crippen molar-refractivity contribution in [1.29, 1.82) is 0 Å². The van der Waals surface area contributed by atoms with E-state index in [9.17, 15) is 0 Å². The maximum absolute atomic E-state index is 5.00. The lowest BCUT2D eigenvalue weighted by molar-refractivity contribution is 0.934. The Morgan fingerprint density at radius 1 is 0.950 bits per heavy atom. The van der Waals surface area contributed by atoms with Crippen LogP contribution in [0.5, 0.6) is 0 Å². The van der Waals surface area contributed by atoms with Gasteiger partial charge in [0.05, 0.1) is 12.4 Å². The third kappa shape index (κ3) is 4.91. The van der Waals surface area contributed by atoms with Gasteiger partial charge in [-0.25, -0.2) is 0 Å². The lowest BCUT2D eigenvalue weighted by atomic mass is 10.3. The van der Waals surface area contributed by atoms with Gasteiger partial charge in [-0.3, -0.25) is 20.8 Å². The summed E-state index contributed by atoms with van der Waals surface area (Å²) < 4.78 is 0. The van der Waals surface area contributed by atoms with E-state index >= 15 is 0 Å². The Bertz CT molecular complexity index is 543. The van der Waals surface area contributed by atoms with Gasteiger partial charge >= 0.3 is 0 Å². The molecule has 0 aliphatic rings. The van der Waals surface area contributed by atoms with Crippen LogP contribution in [0.25, 0.3) is 0 Å². The van der Waals surface area contributed by atoms with Crippen LogP contribution in [0, 0.1) is 0 Å². The van der Waals surface area contributed by atoms with Gasteiger partial charge < -0.3 is 0 Å². The zero-order chi connectivity index (χ0) is 14.0. The first-order valence-electron chi connectivity index (χ1n) is 5.77. The van der Waals surface area contributed by atoms with Crippen LogP contribution in [-0.4, -0.2) is 27.5 Å². The molecule has 0 unspecified atom stereocenters. The highest BCUT2D eigenvalue weighted by atomic mass is 32.1. The van der Waals surface area contributed by atoms with Gasteiger partial charge in [-0.15, -0.1) is 0 Å². The van der Waals surface area contributed by atoms with Crippen molar-refractivity contribution in [2.45, 2.75) is 0 Å². The van der Waals surface area contributed by atoms with E-state index in [4.69, 9.17) is 12.2 Å². The molecule has 0 aliphatic heterocycles. The second kappa shape index (κ2) is 7.70. The third-order valence-electron chi connectivity index (χ3n) is 2.13. The molecule has 0 bridgehead atoms. The monoisotopic (exact) mass is 284 g/mol.